The summed E-state index contributed by atoms with van der Waals surface area (Å²) < 4.78 is 1.93. The molecule has 0 spiro atoms. The Morgan fingerprint density at radius 2 is 2.04 bits per heavy atom. The number of hydrogen-bond acceptors (Lipinski definition) is 4. The minimum absolute atomic E-state index is 0.0895. The van der Waals surface area contributed by atoms with Gasteiger partial charge in [-0.3, -0.25) is 14.4 Å². The zero-order valence-corrected chi connectivity index (χ0v) is 14.1. The van der Waals surface area contributed by atoms with Crippen LogP contribution in [0.2, 0.25) is 0 Å². The van der Waals surface area contributed by atoms with Crippen molar-refractivity contribution in [1.29, 1.82) is 0 Å². The highest BCUT2D eigenvalue weighted by Crippen LogP contribution is 2.30. The van der Waals surface area contributed by atoms with Gasteiger partial charge in [0, 0.05) is 32.4 Å². The van der Waals surface area contributed by atoms with E-state index < -0.39 is 0 Å². The Morgan fingerprint density at radius 1 is 1.26 bits per heavy atom. The van der Waals surface area contributed by atoms with Crippen LogP contribution < -0.4 is 10.2 Å². The van der Waals surface area contributed by atoms with E-state index in [-0.39, 0.29) is 11.9 Å². The third-order valence-electron chi connectivity index (χ3n) is 4.72. The van der Waals surface area contributed by atoms with Crippen molar-refractivity contribution in [2.75, 3.05) is 23.8 Å². The smallest absolute Gasteiger partial charge is 0.228 e. The lowest BCUT2D eigenvalue weighted by molar-refractivity contribution is -0.117. The summed E-state index contributed by atoms with van der Waals surface area (Å²) in [6, 6.07) is 0.0895. The van der Waals surface area contributed by atoms with Gasteiger partial charge in [0.25, 0.3) is 0 Å². The predicted molar refractivity (Wildman–Crippen MR) is 90.9 cm³/mol. The van der Waals surface area contributed by atoms with Gasteiger partial charge in [-0.15, -0.1) is 0 Å². The topological polar surface area (TPSA) is 63.1 Å². The molecule has 0 saturated carbocycles. The van der Waals surface area contributed by atoms with Gasteiger partial charge < -0.3 is 5.32 Å². The van der Waals surface area contributed by atoms with Crippen LogP contribution in [0.1, 0.15) is 42.5 Å². The number of rotatable bonds is 4. The lowest BCUT2D eigenvalue weighted by Crippen LogP contribution is -2.26. The first kappa shape index (κ1) is 15.5. The Kier molecular flexibility index (Phi) is 4.07. The number of nitrogens with zero attached hydrogens (tertiary/aromatic N) is 4. The molecule has 6 heteroatoms. The molecule has 1 amide bonds. The fourth-order valence-electron chi connectivity index (χ4n) is 3.10. The van der Waals surface area contributed by atoms with Crippen LogP contribution in [0.15, 0.2) is 18.6 Å². The maximum Gasteiger partial charge on any atom is 0.228 e. The van der Waals surface area contributed by atoms with E-state index in [1.807, 2.05) is 42.1 Å². The second-order valence-electron chi connectivity index (χ2n) is 6.07. The summed E-state index contributed by atoms with van der Waals surface area (Å²) in [6.45, 7) is 7.01. The average Bonchev–Trinajstić information content (AvgIpc) is 3.18. The number of nitrogens with one attached hydrogen (secondary N) is 1. The number of carbonyl (C=O) groups is 1. The Morgan fingerprint density at radius 3 is 2.65 bits per heavy atom. The van der Waals surface area contributed by atoms with Crippen LogP contribution in [0.4, 0.5) is 11.5 Å². The molecule has 3 heterocycles. The van der Waals surface area contributed by atoms with E-state index in [0.29, 0.717) is 6.42 Å². The van der Waals surface area contributed by atoms with Crippen molar-refractivity contribution in [3.63, 3.8) is 0 Å². The van der Waals surface area contributed by atoms with Gasteiger partial charge >= 0.3 is 0 Å². The van der Waals surface area contributed by atoms with E-state index in [4.69, 9.17) is 0 Å². The lowest BCUT2D eigenvalue weighted by atomic mass is 10.0. The minimum Gasteiger partial charge on any atom is -0.386 e. The van der Waals surface area contributed by atoms with Gasteiger partial charge in [0.1, 0.15) is 5.82 Å². The summed E-state index contributed by atoms with van der Waals surface area (Å²) in [4.78, 5) is 18.4. The highest BCUT2D eigenvalue weighted by Gasteiger charge is 2.26. The molecule has 1 saturated heterocycles. The lowest BCUT2D eigenvalue weighted by Gasteiger charge is -2.22. The van der Waals surface area contributed by atoms with Crippen molar-refractivity contribution in [2.45, 2.75) is 39.7 Å². The van der Waals surface area contributed by atoms with E-state index in [1.165, 1.54) is 5.56 Å². The number of aromatic nitrogens is 3. The second-order valence-corrected chi connectivity index (χ2v) is 6.07. The fraction of sp³-hybridized carbons (Fsp3) is 0.471. The highest BCUT2D eigenvalue weighted by molar-refractivity contribution is 5.95. The fourth-order valence-corrected chi connectivity index (χ4v) is 3.10. The molecule has 6 nitrogen and oxygen atoms in total. The van der Waals surface area contributed by atoms with Gasteiger partial charge in [-0.1, -0.05) is 0 Å². The maximum absolute atomic E-state index is 12.0. The van der Waals surface area contributed by atoms with Gasteiger partial charge in [0.05, 0.1) is 17.9 Å². The summed E-state index contributed by atoms with van der Waals surface area (Å²) in [5, 5.41) is 7.50. The minimum atomic E-state index is 0.0895. The molecule has 2 aromatic heterocycles. The first-order valence-corrected chi connectivity index (χ1v) is 8.01. The quantitative estimate of drug-likeness (QED) is 0.942. The summed E-state index contributed by atoms with van der Waals surface area (Å²) >= 11 is 0. The molecule has 0 aromatic carbocycles. The Bertz CT molecular complexity index is 737. The number of hydrogen-bond donors (Lipinski definition) is 1. The molecule has 23 heavy (non-hydrogen) atoms. The van der Waals surface area contributed by atoms with Crippen molar-refractivity contribution in [1.82, 2.24) is 14.8 Å². The van der Waals surface area contributed by atoms with Crippen molar-refractivity contribution < 1.29 is 4.79 Å². The molecule has 122 valence electrons. The van der Waals surface area contributed by atoms with Crippen LogP contribution >= 0.6 is 0 Å². The van der Waals surface area contributed by atoms with Gasteiger partial charge in [-0.2, -0.15) is 5.10 Å². The standard InChI is InChI=1S/C17H23N5O/c1-11-12(2)17(21-7-5-6-16(21)23)19-9-15(11)13(3)22-10-14(18-4)8-20-22/h8-10,13,18H,5-7H2,1-4H3. The monoisotopic (exact) mass is 313 g/mol. The normalized spacial score (nSPS) is 16.0. The zero-order valence-electron chi connectivity index (χ0n) is 14.1. The van der Waals surface area contributed by atoms with Crippen LogP contribution in [0.3, 0.4) is 0 Å². The molecule has 0 radical (unpaired) electrons. The molecule has 0 aliphatic carbocycles. The SMILES string of the molecule is CNc1cnn(C(C)c2cnc(N3CCCC3=O)c(C)c2C)c1. The molecular weight excluding hydrogens is 290 g/mol. The van der Waals surface area contributed by atoms with Crippen molar-refractivity contribution >= 4 is 17.4 Å². The van der Waals surface area contributed by atoms with Crippen LogP contribution in [0.25, 0.3) is 0 Å². The van der Waals surface area contributed by atoms with E-state index in [9.17, 15) is 4.79 Å². The third kappa shape index (κ3) is 2.69. The van der Waals surface area contributed by atoms with Crippen LogP contribution in [-0.4, -0.2) is 34.3 Å². The van der Waals surface area contributed by atoms with Crippen molar-refractivity contribution in [3.05, 3.63) is 35.3 Å². The number of anilines is 2. The molecule has 3 rings (SSSR count). The molecule has 1 N–H and O–H groups in total. The third-order valence-corrected chi connectivity index (χ3v) is 4.72. The zero-order chi connectivity index (χ0) is 16.6. The number of pyridine rings is 1. The summed E-state index contributed by atoms with van der Waals surface area (Å²) in [7, 11) is 1.88. The number of amides is 1. The van der Waals surface area contributed by atoms with Gasteiger partial charge in [0.2, 0.25) is 5.91 Å². The summed E-state index contributed by atoms with van der Waals surface area (Å²) in [5.74, 6) is 0.976. The van der Waals surface area contributed by atoms with E-state index >= 15 is 0 Å². The van der Waals surface area contributed by atoms with Crippen LogP contribution in [0, 0.1) is 13.8 Å². The van der Waals surface area contributed by atoms with Gasteiger partial charge in [-0.25, -0.2) is 4.98 Å². The summed E-state index contributed by atoms with van der Waals surface area (Å²) in [5.41, 5.74) is 4.36. The molecule has 1 aliphatic heterocycles. The van der Waals surface area contributed by atoms with Gasteiger partial charge in [0.15, 0.2) is 0 Å². The average molecular weight is 313 g/mol. The molecule has 1 fully saturated rings. The first-order chi connectivity index (χ1) is 11.0. The molecule has 2 aromatic rings. The molecule has 1 aliphatic rings. The van der Waals surface area contributed by atoms with E-state index in [0.717, 1.165) is 35.6 Å². The Labute approximate surface area is 136 Å². The number of carbonyl (C=O) groups excluding carboxylic acids is 1. The first-order valence-electron chi connectivity index (χ1n) is 8.01. The maximum atomic E-state index is 12.0. The summed E-state index contributed by atoms with van der Waals surface area (Å²) in [6.07, 6.45) is 7.21. The molecule has 1 atom stereocenters. The second kappa shape index (κ2) is 6.02. The Balaban J connectivity index is 1.94. The van der Waals surface area contributed by atoms with Gasteiger partial charge in [-0.05, 0) is 43.9 Å². The van der Waals surface area contributed by atoms with Crippen molar-refractivity contribution in [3.8, 4) is 0 Å². The van der Waals surface area contributed by atoms with Crippen molar-refractivity contribution in [2.24, 2.45) is 0 Å². The highest BCUT2D eigenvalue weighted by atomic mass is 16.2. The molecule has 1 unspecified atom stereocenters. The largest absolute Gasteiger partial charge is 0.386 e. The molecule has 0 bridgehead atoms. The predicted octanol–water partition coefficient (Wildman–Crippen LogP) is 2.67. The Hall–Kier alpha value is -2.37. The van der Waals surface area contributed by atoms with Crippen LogP contribution in [0.5, 0.6) is 0 Å². The molecular formula is C17H23N5O. The van der Waals surface area contributed by atoms with Crippen LogP contribution in [-0.2, 0) is 4.79 Å². The van der Waals surface area contributed by atoms with E-state index in [2.05, 4.69) is 29.2 Å². The van der Waals surface area contributed by atoms with E-state index in [1.54, 1.807) is 0 Å².